The zero-order valence-electron chi connectivity index (χ0n) is 44.7. The molecule has 0 fully saturated rings. The molecular weight excluding hydrogens is 989 g/mol. The summed E-state index contributed by atoms with van der Waals surface area (Å²) in [6.45, 7) is 11.0. The summed E-state index contributed by atoms with van der Waals surface area (Å²) in [5, 5.41) is 6.21. The van der Waals surface area contributed by atoms with E-state index >= 15 is 0 Å². The molecule has 4 heterocycles. The Balaban J connectivity index is 1.03. The van der Waals surface area contributed by atoms with Crippen molar-refractivity contribution in [3.05, 3.63) is 165 Å². The Morgan fingerprint density at radius 3 is 1.75 bits per heavy atom. The highest BCUT2D eigenvalue weighted by Gasteiger charge is 2.53. The lowest BCUT2D eigenvalue weighted by atomic mass is 9.53. The molecule has 0 aromatic heterocycles. The molecule has 0 spiro atoms. The number of hydrogen-bond acceptors (Lipinski definition) is 8. The van der Waals surface area contributed by atoms with Crippen molar-refractivity contribution in [2.45, 2.75) is 136 Å². The number of aryl methyl sites for hydroxylation is 1. The molecule has 77 heavy (non-hydrogen) atoms. The van der Waals surface area contributed by atoms with Crippen molar-refractivity contribution in [3.63, 3.8) is 0 Å². The van der Waals surface area contributed by atoms with Gasteiger partial charge in [0.25, 0.3) is 45.6 Å². The minimum Gasteiger partial charge on any atom is -0.321 e. The molecule has 6 amide bonds. The number of hydrogen-bond donors (Lipinski definition) is 3. The lowest BCUT2D eigenvalue weighted by molar-refractivity contribution is -0.117. The second-order valence-corrected chi connectivity index (χ2v) is 22.6. The molecule has 400 valence electrons. The summed E-state index contributed by atoms with van der Waals surface area (Å²) in [5.74, 6) is -3.01. The van der Waals surface area contributed by atoms with E-state index in [1.54, 1.807) is 24.3 Å². The van der Waals surface area contributed by atoms with Crippen molar-refractivity contribution in [1.29, 1.82) is 0 Å². The van der Waals surface area contributed by atoms with Crippen molar-refractivity contribution in [2.75, 3.05) is 11.4 Å². The largest absolute Gasteiger partial charge is 0.321 e. The molecule has 4 aliphatic heterocycles. The van der Waals surface area contributed by atoms with Crippen molar-refractivity contribution in [2.24, 2.45) is 10.8 Å². The highest BCUT2D eigenvalue weighted by molar-refractivity contribution is 7.86. The summed E-state index contributed by atoms with van der Waals surface area (Å²) in [5.41, 5.74) is 5.63. The van der Waals surface area contributed by atoms with Crippen molar-refractivity contribution in [1.82, 2.24) is 15.5 Å². The molecule has 5 aromatic carbocycles. The topological polar surface area (TPSA) is 187 Å². The van der Waals surface area contributed by atoms with Gasteiger partial charge in [0.05, 0.1) is 50.5 Å². The van der Waals surface area contributed by atoms with Gasteiger partial charge >= 0.3 is 0 Å². The van der Waals surface area contributed by atoms with Gasteiger partial charge in [-0.3, -0.25) is 38.2 Å². The number of para-hydroxylation sites is 1. The van der Waals surface area contributed by atoms with Gasteiger partial charge in [-0.15, -0.1) is 0 Å². The summed E-state index contributed by atoms with van der Waals surface area (Å²) >= 11 is 0. The number of imide groups is 2. The SMILES string of the molecule is CCCCCCCc1cccc(C2=C3C(=O)NC(c4ccccc4CC(CC)(CCCC)C(CCC)(CCC)CN4C(=O)c5ccc(-c6ccc7c(c6)C(=O)N(c6ccccc6S(=O)(=O)O)C7=O)cc5C4=O)=C3C(=O)N2)c1. The number of nitrogens with zero attached hydrogens (tertiary/aromatic N) is 2. The van der Waals surface area contributed by atoms with Gasteiger partial charge in [0, 0.05) is 12.1 Å². The monoisotopic (exact) mass is 1060 g/mol. The lowest BCUT2D eigenvalue weighted by Gasteiger charge is -2.53. The van der Waals surface area contributed by atoms with Crippen LogP contribution in [0.25, 0.3) is 22.5 Å². The predicted octanol–water partition coefficient (Wildman–Crippen LogP) is 12.3. The van der Waals surface area contributed by atoms with E-state index in [-0.39, 0.29) is 46.3 Å². The number of rotatable bonds is 24. The minimum absolute atomic E-state index is 0.0143. The zero-order chi connectivity index (χ0) is 54.8. The van der Waals surface area contributed by atoms with Gasteiger partial charge in [-0.25, -0.2) is 4.90 Å². The van der Waals surface area contributed by atoms with Crippen LogP contribution in [0.4, 0.5) is 5.69 Å². The quantitative estimate of drug-likeness (QED) is 0.0307. The maximum atomic E-state index is 14.9. The van der Waals surface area contributed by atoms with E-state index in [1.165, 1.54) is 54.5 Å². The Morgan fingerprint density at radius 1 is 0.506 bits per heavy atom. The molecule has 4 aliphatic rings. The fraction of sp³-hybridized carbons (Fsp3) is 0.365. The average Bonchev–Trinajstić information content (AvgIpc) is 4.17. The first-order valence-corrected chi connectivity index (χ1v) is 28.9. The molecule has 5 aromatic rings. The Labute approximate surface area is 452 Å². The Morgan fingerprint density at radius 2 is 1.09 bits per heavy atom. The summed E-state index contributed by atoms with van der Waals surface area (Å²) in [7, 11) is -4.79. The second-order valence-electron chi connectivity index (χ2n) is 21.2. The Bertz CT molecular complexity index is 3400. The normalized spacial score (nSPS) is 16.1. The Hall–Kier alpha value is -7.29. The van der Waals surface area contributed by atoms with Crippen LogP contribution >= 0.6 is 0 Å². The fourth-order valence-electron chi connectivity index (χ4n) is 12.8. The highest BCUT2D eigenvalue weighted by Crippen LogP contribution is 2.56. The highest BCUT2D eigenvalue weighted by atomic mass is 32.2. The average molecular weight is 1060 g/mol. The predicted molar refractivity (Wildman–Crippen MR) is 298 cm³/mol. The van der Waals surface area contributed by atoms with Crippen molar-refractivity contribution < 1.29 is 41.7 Å². The number of anilines is 1. The number of fused-ring (bicyclic) bond motifs is 3. The first-order valence-electron chi connectivity index (χ1n) is 27.4. The van der Waals surface area contributed by atoms with Gasteiger partial charge in [-0.05, 0) is 126 Å². The maximum absolute atomic E-state index is 14.9. The molecule has 13 nitrogen and oxygen atoms in total. The number of carbonyl (C=O) groups excluding carboxylic acids is 6. The van der Waals surface area contributed by atoms with Crippen LogP contribution in [0.15, 0.2) is 125 Å². The smallest absolute Gasteiger partial charge is 0.296 e. The fourth-order valence-corrected chi connectivity index (χ4v) is 13.5. The number of carbonyl (C=O) groups is 6. The molecular formula is C63H68N4O9S. The third-order valence-corrected chi connectivity index (χ3v) is 17.5. The van der Waals surface area contributed by atoms with E-state index in [0.717, 1.165) is 104 Å². The first kappa shape index (κ1) is 54.5. The van der Waals surface area contributed by atoms with Gasteiger partial charge in [-0.1, -0.05) is 153 Å². The van der Waals surface area contributed by atoms with E-state index in [2.05, 4.69) is 63.5 Å². The third kappa shape index (κ3) is 10.0. The van der Waals surface area contributed by atoms with E-state index in [9.17, 15) is 41.7 Å². The van der Waals surface area contributed by atoms with Crippen LogP contribution < -0.4 is 15.5 Å². The minimum atomic E-state index is -4.79. The number of unbranched alkanes of at least 4 members (excludes halogenated alkanes) is 5. The molecule has 9 rings (SSSR count). The van der Waals surface area contributed by atoms with Crippen molar-refractivity contribution >= 4 is 62.6 Å². The van der Waals surface area contributed by atoms with Gasteiger partial charge in [0.15, 0.2) is 0 Å². The van der Waals surface area contributed by atoms with Gasteiger partial charge in [0.1, 0.15) is 4.90 Å². The van der Waals surface area contributed by atoms with Crippen LogP contribution in [0, 0.1) is 10.8 Å². The molecule has 0 saturated carbocycles. The van der Waals surface area contributed by atoms with E-state index in [1.807, 2.05) is 30.3 Å². The van der Waals surface area contributed by atoms with Gasteiger partial charge < -0.3 is 10.6 Å². The van der Waals surface area contributed by atoms with Crippen LogP contribution in [0.2, 0.25) is 0 Å². The summed E-state index contributed by atoms with van der Waals surface area (Å²) in [4.78, 5) is 87.0. The zero-order valence-corrected chi connectivity index (χ0v) is 45.5. The van der Waals surface area contributed by atoms with Crippen molar-refractivity contribution in [3.8, 4) is 11.1 Å². The lowest BCUT2D eigenvalue weighted by Crippen LogP contribution is -2.52. The maximum Gasteiger partial charge on any atom is 0.296 e. The molecule has 1 unspecified atom stereocenters. The number of benzene rings is 5. The van der Waals surface area contributed by atoms with Crippen LogP contribution in [-0.4, -0.2) is 59.9 Å². The molecule has 0 aliphatic carbocycles. The van der Waals surface area contributed by atoms with Crippen LogP contribution in [0.5, 0.6) is 0 Å². The van der Waals surface area contributed by atoms with E-state index in [0.29, 0.717) is 40.1 Å². The summed E-state index contributed by atoms with van der Waals surface area (Å²) in [6.07, 6.45) is 13.7. The summed E-state index contributed by atoms with van der Waals surface area (Å²) < 4.78 is 34.4. The number of nitrogens with one attached hydrogen (secondary N) is 2. The first-order chi connectivity index (χ1) is 37.0. The molecule has 0 saturated heterocycles. The molecule has 14 heteroatoms. The Kier molecular flexibility index (Phi) is 15.8. The molecule has 0 radical (unpaired) electrons. The molecule has 1 atom stereocenters. The molecule has 3 N–H and O–H groups in total. The van der Waals surface area contributed by atoms with Crippen LogP contribution in [0.3, 0.4) is 0 Å². The standard InChI is InChI=1S/C63H68N4O9S/c1-6-11-13-14-15-21-40-22-20-24-43(35-40)54-52-53(57(69)64-54)55(65-56(52)68)45-25-17-16-23-44(45)38-62(10-5,34-12-7-2)63(32-8-3,33-9-4)39-66-58(70)46-30-28-41(36-48(46)59(66)71)42-29-31-47-49(37-42)61(73)67(60(47)72)50-26-18-19-27-51(50)77(74,75)76/h16-20,22-31,35-37H,6-15,21,32-34,38-39H2,1-5H3,(H,64,69)(H,65,68)(H,74,75,76). The second kappa shape index (κ2) is 22.4. The van der Waals surface area contributed by atoms with E-state index in [4.69, 9.17) is 0 Å². The summed E-state index contributed by atoms with van der Waals surface area (Å²) in [6, 6.07) is 30.9. The molecule has 0 bridgehead atoms. The third-order valence-electron chi connectivity index (χ3n) is 16.6. The van der Waals surface area contributed by atoms with Crippen LogP contribution in [0.1, 0.15) is 182 Å². The van der Waals surface area contributed by atoms with E-state index < -0.39 is 49.5 Å². The van der Waals surface area contributed by atoms with Gasteiger partial charge in [0.2, 0.25) is 0 Å². The van der Waals surface area contributed by atoms with Crippen LogP contribution in [-0.2, 0) is 32.5 Å². The van der Waals surface area contributed by atoms with Gasteiger partial charge in [-0.2, -0.15) is 8.42 Å². The number of amides is 6.